The van der Waals surface area contributed by atoms with Gasteiger partial charge in [-0.25, -0.2) is 0 Å². The molecule has 0 radical (unpaired) electrons. The van der Waals surface area contributed by atoms with Gasteiger partial charge in [-0.3, -0.25) is 4.79 Å². The van der Waals surface area contributed by atoms with Crippen molar-refractivity contribution in [1.29, 1.82) is 0 Å². The van der Waals surface area contributed by atoms with Crippen LogP contribution in [0.2, 0.25) is 0 Å². The van der Waals surface area contributed by atoms with Crippen LogP contribution in [-0.4, -0.2) is 23.9 Å². The normalized spacial score (nSPS) is 19.7. The van der Waals surface area contributed by atoms with E-state index in [9.17, 15) is 4.79 Å². The number of fused-ring (bicyclic) bond motifs is 1. The molecular weight excluding hydrogens is 224 g/mol. The average molecular weight is 246 g/mol. The zero-order valence-electron chi connectivity index (χ0n) is 11.4. The Labute approximate surface area is 109 Å². The van der Waals surface area contributed by atoms with Crippen LogP contribution >= 0.6 is 0 Å². The van der Waals surface area contributed by atoms with Crippen molar-refractivity contribution in [1.82, 2.24) is 4.90 Å². The van der Waals surface area contributed by atoms with Crippen molar-refractivity contribution in [3.8, 4) is 0 Å². The van der Waals surface area contributed by atoms with Gasteiger partial charge in [0.05, 0.1) is 12.1 Å². The molecule has 0 heterocycles. The van der Waals surface area contributed by atoms with E-state index >= 15 is 0 Å². The van der Waals surface area contributed by atoms with Crippen molar-refractivity contribution in [2.24, 2.45) is 11.7 Å². The van der Waals surface area contributed by atoms with Crippen LogP contribution in [0, 0.1) is 5.92 Å². The summed E-state index contributed by atoms with van der Waals surface area (Å²) in [6, 6.07) is 8.16. The summed E-state index contributed by atoms with van der Waals surface area (Å²) in [6.07, 6.45) is 2.06. The molecule has 1 aliphatic rings. The SMILES string of the molecule is CC(C)C(N)C(=O)N(C)C1CCc2ccccc21. The molecule has 0 fully saturated rings. The first-order valence-electron chi connectivity index (χ1n) is 6.62. The lowest BCUT2D eigenvalue weighted by Crippen LogP contribution is -2.45. The van der Waals surface area contributed by atoms with Crippen molar-refractivity contribution in [2.45, 2.75) is 38.8 Å². The topological polar surface area (TPSA) is 46.3 Å². The predicted octanol–water partition coefficient (Wildman–Crippen LogP) is 2.12. The molecule has 0 aliphatic heterocycles. The number of nitrogens with two attached hydrogens (primary N) is 1. The fraction of sp³-hybridized carbons (Fsp3) is 0.533. The van der Waals surface area contributed by atoms with Gasteiger partial charge in [-0.2, -0.15) is 0 Å². The van der Waals surface area contributed by atoms with Gasteiger partial charge < -0.3 is 10.6 Å². The van der Waals surface area contributed by atoms with Crippen molar-refractivity contribution in [3.05, 3.63) is 35.4 Å². The van der Waals surface area contributed by atoms with Gasteiger partial charge in [0, 0.05) is 7.05 Å². The Balaban J connectivity index is 2.16. The molecule has 1 amide bonds. The average Bonchev–Trinajstić information content (AvgIpc) is 2.79. The molecule has 0 spiro atoms. The van der Waals surface area contributed by atoms with Crippen LogP contribution < -0.4 is 5.73 Å². The van der Waals surface area contributed by atoms with E-state index in [4.69, 9.17) is 5.73 Å². The second-order valence-corrected chi connectivity index (χ2v) is 5.47. The van der Waals surface area contributed by atoms with Gasteiger partial charge in [-0.15, -0.1) is 0 Å². The van der Waals surface area contributed by atoms with Gasteiger partial charge in [0.2, 0.25) is 5.91 Å². The monoisotopic (exact) mass is 246 g/mol. The number of rotatable bonds is 3. The van der Waals surface area contributed by atoms with Gasteiger partial charge in [-0.1, -0.05) is 38.1 Å². The molecule has 0 saturated heterocycles. The minimum Gasteiger partial charge on any atom is -0.337 e. The summed E-state index contributed by atoms with van der Waals surface area (Å²) in [5.74, 6) is 0.225. The molecule has 3 nitrogen and oxygen atoms in total. The molecule has 2 rings (SSSR count). The Morgan fingerprint density at radius 2 is 2.06 bits per heavy atom. The number of hydrogen-bond donors (Lipinski definition) is 1. The minimum atomic E-state index is -0.400. The molecule has 0 bridgehead atoms. The highest BCUT2D eigenvalue weighted by molar-refractivity contribution is 5.82. The largest absolute Gasteiger partial charge is 0.337 e. The van der Waals surface area contributed by atoms with Crippen LogP contribution in [0.5, 0.6) is 0 Å². The highest BCUT2D eigenvalue weighted by Gasteiger charge is 2.31. The van der Waals surface area contributed by atoms with Crippen molar-refractivity contribution in [3.63, 3.8) is 0 Å². The second-order valence-electron chi connectivity index (χ2n) is 5.47. The van der Waals surface area contributed by atoms with Crippen LogP contribution in [0.1, 0.15) is 37.4 Å². The first-order chi connectivity index (χ1) is 8.52. The highest BCUT2D eigenvalue weighted by Crippen LogP contribution is 2.35. The molecule has 2 atom stereocenters. The van der Waals surface area contributed by atoms with E-state index in [1.165, 1.54) is 11.1 Å². The van der Waals surface area contributed by atoms with Gasteiger partial charge in [0.1, 0.15) is 0 Å². The van der Waals surface area contributed by atoms with E-state index in [-0.39, 0.29) is 17.9 Å². The Hall–Kier alpha value is -1.35. The van der Waals surface area contributed by atoms with Gasteiger partial charge in [-0.05, 0) is 29.9 Å². The molecule has 0 saturated carbocycles. The lowest BCUT2D eigenvalue weighted by molar-refractivity contribution is -0.134. The Kier molecular flexibility index (Phi) is 3.71. The molecule has 3 heteroatoms. The summed E-state index contributed by atoms with van der Waals surface area (Å²) in [5, 5.41) is 0. The van der Waals surface area contributed by atoms with E-state index in [0.717, 1.165) is 12.8 Å². The molecule has 98 valence electrons. The first kappa shape index (κ1) is 13.1. The van der Waals surface area contributed by atoms with Crippen molar-refractivity contribution >= 4 is 5.91 Å². The van der Waals surface area contributed by atoms with Gasteiger partial charge in [0.25, 0.3) is 0 Å². The number of carbonyl (C=O) groups is 1. The predicted molar refractivity (Wildman–Crippen MR) is 73.1 cm³/mol. The van der Waals surface area contributed by atoms with Crippen LogP contribution in [0.15, 0.2) is 24.3 Å². The molecule has 1 aromatic carbocycles. The molecular formula is C15H22N2O. The molecule has 2 N–H and O–H groups in total. The Morgan fingerprint density at radius 1 is 1.39 bits per heavy atom. The first-order valence-corrected chi connectivity index (χ1v) is 6.62. The number of nitrogens with zero attached hydrogens (tertiary/aromatic N) is 1. The molecule has 2 unspecified atom stereocenters. The van der Waals surface area contributed by atoms with Crippen molar-refractivity contribution in [2.75, 3.05) is 7.05 Å². The van der Waals surface area contributed by atoms with Gasteiger partial charge >= 0.3 is 0 Å². The fourth-order valence-electron chi connectivity index (χ4n) is 2.61. The third kappa shape index (κ3) is 2.27. The summed E-state index contributed by atoms with van der Waals surface area (Å²) in [6.45, 7) is 3.97. The quantitative estimate of drug-likeness (QED) is 0.888. The fourth-order valence-corrected chi connectivity index (χ4v) is 2.61. The third-order valence-electron chi connectivity index (χ3n) is 3.92. The molecule has 1 aliphatic carbocycles. The van der Waals surface area contributed by atoms with Crippen LogP contribution in [0.4, 0.5) is 0 Å². The lowest BCUT2D eigenvalue weighted by Gasteiger charge is -2.29. The van der Waals surface area contributed by atoms with Crippen molar-refractivity contribution < 1.29 is 4.79 Å². The van der Waals surface area contributed by atoms with E-state index in [0.29, 0.717) is 0 Å². The molecule has 0 aromatic heterocycles. The lowest BCUT2D eigenvalue weighted by atomic mass is 10.0. The summed E-state index contributed by atoms with van der Waals surface area (Å²) in [7, 11) is 1.87. The number of hydrogen-bond acceptors (Lipinski definition) is 2. The van der Waals surface area contributed by atoms with E-state index in [1.54, 1.807) is 0 Å². The third-order valence-corrected chi connectivity index (χ3v) is 3.92. The summed E-state index contributed by atoms with van der Waals surface area (Å²) in [5.41, 5.74) is 8.60. The number of carbonyl (C=O) groups excluding carboxylic acids is 1. The standard InChI is InChI=1S/C15H22N2O/c1-10(2)14(16)15(18)17(3)13-9-8-11-6-4-5-7-12(11)13/h4-7,10,13-14H,8-9,16H2,1-3H3. The molecule has 1 aromatic rings. The van der Waals surface area contributed by atoms with Crippen LogP contribution in [-0.2, 0) is 11.2 Å². The van der Waals surface area contributed by atoms with Crippen LogP contribution in [0.25, 0.3) is 0 Å². The smallest absolute Gasteiger partial charge is 0.240 e. The van der Waals surface area contributed by atoms with Gasteiger partial charge in [0.15, 0.2) is 0 Å². The number of benzene rings is 1. The van der Waals surface area contributed by atoms with E-state index in [2.05, 4.69) is 18.2 Å². The maximum Gasteiger partial charge on any atom is 0.240 e. The highest BCUT2D eigenvalue weighted by atomic mass is 16.2. The van der Waals surface area contributed by atoms with E-state index in [1.807, 2.05) is 31.9 Å². The summed E-state index contributed by atoms with van der Waals surface area (Å²) >= 11 is 0. The van der Waals surface area contributed by atoms with E-state index < -0.39 is 6.04 Å². The zero-order chi connectivity index (χ0) is 13.3. The Bertz CT molecular complexity index is 442. The zero-order valence-corrected chi connectivity index (χ0v) is 11.4. The maximum absolute atomic E-state index is 12.3. The summed E-state index contributed by atoms with van der Waals surface area (Å²) in [4.78, 5) is 14.1. The number of likely N-dealkylation sites (N-methyl/N-ethyl adjacent to an activating group) is 1. The number of aryl methyl sites for hydroxylation is 1. The minimum absolute atomic E-state index is 0.0479. The molecule has 18 heavy (non-hydrogen) atoms. The number of amides is 1. The second kappa shape index (κ2) is 5.11. The Morgan fingerprint density at radius 3 is 2.72 bits per heavy atom. The summed E-state index contributed by atoms with van der Waals surface area (Å²) < 4.78 is 0. The van der Waals surface area contributed by atoms with Crippen LogP contribution in [0.3, 0.4) is 0 Å². The maximum atomic E-state index is 12.3.